The van der Waals surface area contributed by atoms with Gasteiger partial charge in [0, 0.05) is 34.4 Å². The Morgan fingerprint density at radius 2 is 1.85 bits per heavy atom. The van der Waals surface area contributed by atoms with Gasteiger partial charge in [-0.3, -0.25) is 4.21 Å². The Morgan fingerprint density at radius 1 is 1.19 bits per heavy atom. The van der Waals surface area contributed by atoms with Crippen LogP contribution in [0.25, 0.3) is 0 Å². The van der Waals surface area contributed by atoms with Gasteiger partial charge < -0.3 is 10.6 Å². The van der Waals surface area contributed by atoms with E-state index >= 15 is 0 Å². The molecule has 0 bridgehead atoms. The third-order valence-electron chi connectivity index (χ3n) is 3.28. The lowest BCUT2D eigenvalue weighted by atomic mass is 10.1. The molecule has 0 fully saturated rings. The number of rotatable bonds is 6. The first-order valence-corrected chi connectivity index (χ1v) is 9.42. The van der Waals surface area contributed by atoms with Gasteiger partial charge in [0.2, 0.25) is 0 Å². The predicted octanol–water partition coefficient (Wildman–Crippen LogP) is 3.93. The van der Waals surface area contributed by atoms with Gasteiger partial charge in [-0.25, -0.2) is 4.99 Å². The van der Waals surface area contributed by atoms with Crippen LogP contribution in [0.5, 0.6) is 0 Å². The van der Waals surface area contributed by atoms with Crippen molar-refractivity contribution in [3.63, 3.8) is 0 Å². The van der Waals surface area contributed by atoms with E-state index in [-0.39, 0.29) is 35.3 Å². The molecule has 1 aromatic rings. The summed E-state index contributed by atoms with van der Waals surface area (Å²) < 4.78 is 49.9. The molecule has 4 nitrogen and oxygen atoms in total. The Bertz CT molecular complexity index is 616. The fourth-order valence-electron chi connectivity index (χ4n) is 1.93. The molecule has 1 rings (SSSR count). The molecule has 1 unspecified atom stereocenters. The standard InChI is InChI=1S/C17H26F3N3OS.HI/c1-5-21-15(22-9-10-25(24)16(2,3)4)23-12-13-7-6-8-14(11-13)17(18,19)20;/h6-8,11H,5,9-10,12H2,1-4H3,(H2,21,22,23);1H. The van der Waals surface area contributed by atoms with E-state index in [4.69, 9.17) is 0 Å². The van der Waals surface area contributed by atoms with Crippen molar-refractivity contribution in [2.75, 3.05) is 18.8 Å². The van der Waals surface area contributed by atoms with Crippen LogP contribution in [-0.4, -0.2) is 33.8 Å². The van der Waals surface area contributed by atoms with Crippen LogP contribution in [0.1, 0.15) is 38.8 Å². The van der Waals surface area contributed by atoms with E-state index in [1.807, 2.05) is 27.7 Å². The predicted molar refractivity (Wildman–Crippen MR) is 112 cm³/mol. The van der Waals surface area contributed by atoms with Crippen molar-refractivity contribution >= 4 is 40.7 Å². The van der Waals surface area contributed by atoms with Gasteiger partial charge in [-0.15, -0.1) is 24.0 Å². The first kappa shape index (κ1) is 25.2. The van der Waals surface area contributed by atoms with Crippen molar-refractivity contribution in [1.82, 2.24) is 10.6 Å². The van der Waals surface area contributed by atoms with Crippen molar-refractivity contribution in [3.05, 3.63) is 35.4 Å². The summed E-state index contributed by atoms with van der Waals surface area (Å²) in [5, 5.41) is 6.09. The van der Waals surface area contributed by atoms with Gasteiger partial charge in [0.05, 0.1) is 12.1 Å². The van der Waals surface area contributed by atoms with Gasteiger partial charge in [0.25, 0.3) is 0 Å². The summed E-state index contributed by atoms with van der Waals surface area (Å²) in [5.41, 5.74) is -0.205. The first-order valence-electron chi connectivity index (χ1n) is 8.11. The molecule has 0 heterocycles. The number of benzene rings is 1. The number of guanidine groups is 1. The number of aliphatic imine (C=N–C) groups is 1. The molecule has 26 heavy (non-hydrogen) atoms. The Hall–Kier alpha value is -0.840. The van der Waals surface area contributed by atoms with Gasteiger partial charge in [0.15, 0.2) is 5.96 Å². The highest BCUT2D eigenvalue weighted by molar-refractivity contribution is 14.0. The molecule has 0 saturated heterocycles. The molecule has 0 saturated carbocycles. The summed E-state index contributed by atoms with van der Waals surface area (Å²) >= 11 is 0. The van der Waals surface area contributed by atoms with Crippen LogP contribution in [0, 0.1) is 0 Å². The van der Waals surface area contributed by atoms with E-state index in [0.29, 0.717) is 30.4 Å². The normalized spacial score (nSPS) is 13.7. The highest BCUT2D eigenvalue weighted by atomic mass is 127. The SMILES string of the molecule is CCNC(=NCc1cccc(C(F)(F)F)c1)NCCS(=O)C(C)(C)C.I. The zero-order chi connectivity index (χ0) is 19.1. The molecular formula is C17H27F3IN3OS. The monoisotopic (exact) mass is 505 g/mol. The maximum atomic E-state index is 12.7. The maximum absolute atomic E-state index is 12.7. The van der Waals surface area contributed by atoms with Crippen molar-refractivity contribution in [1.29, 1.82) is 0 Å². The minimum atomic E-state index is -4.36. The third-order valence-corrected chi connectivity index (χ3v) is 5.22. The molecule has 0 amide bonds. The van der Waals surface area contributed by atoms with E-state index in [2.05, 4.69) is 15.6 Å². The van der Waals surface area contributed by atoms with Crippen LogP contribution >= 0.6 is 24.0 Å². The molecule has 0 aliphatic heterocycles. The Morgan fingerprint density at radius 3 is 2.38 bits per heavy atom. The molecular weight excluding hydrogens is 478 g/mol. The van der Waals surface area contributed by atoms with Crippen LogP contribution < -0.4 is 10.6 Å². The molecule has 0 aliphatic rings. The molecule has 9 heteroatoms. The van der Waals surface area contributed by atoms with E-state index in [0.717, 1.165) is 12.1 Å². The van der Waals surface area contributed by atoms with E-state index in [1.54, 1.807) is 6.07 Å². The van der Waals surface area contributed by atoms with Crippen molar-refractivity contribution in [2.24, 2.45) is 4.99 Å². The summed E-state index contributed by atoms with van der Waals surface area (Å²) in [6, 6.07) is 5.12. The summed E-state index contributed by atoms with van der Waals surface area (Å²) in [5.74, 6) is 0.961. The van der Waals surface area contributed by atoms with Crippen LogP contribution in [0.3, 0.4) is 0 Å². The third kappa shape index (κ3) is 9.20. The molecule has 2 N–H and O–H groups in total. The molecule has 0 aliphatic carbocycles. The number of halogens is 4. The number of hydrogen-bond donors (Lipinski definition) is 2. The van der Waals surface area contributed by atoms with Gasteiger partial charge in [-0.1, -0.05) is 12.1 Å². The quantitative estimate of drug-likeness (QED) is 0.350. The number of nitrogens with zero attached hydrogens (tertiary/aromatic N) is 1. The van der Waals surface area contributed by atoms with Gasteiger partial charge in [-0.2, -0.15) is 13.2 Å². The van der Waals surface area contributed by atoms with Crippen molar-refractivity contribution in [2.45, 2.75) is 45.2 Å². The average Bonchev–Trinajstić information content (AvgIpc) is 2.51. The maximum Gasteiger partial charge on any atom is 0.416 e. The van der Waals surface area contributed by atoms with Crippen LogP contribution in [0.4, 0.5) is 13.2 Å². The second-order valence-corrected chi connectivity index (χ2v) is 8.81. The smallest absolute Gasteiger partial charge is 0.357 e. The Kier molecular flexibility index (Phi) is 10.7. The number of nitrogens with one attached hydrogen (secondary N) is 2. The van der Waals surface area contributed by atoms with Gasteiger partial charge in [-0.05, 0) is 45.4 Å². The topological polar surface area (TPSA) is 53.5 Å². The Labute approximate surface area is 172 Å². The van der Waals surface area contributed by atoms with Crippen molar-refractivity contribution in [3.8, 4) is 0 Å². The van der Waals surface area contributed by atoms with Crippen molar-refractivity contribution < 1.29 is 17.4 Å². The molecule has 0 radical (unpaired) electrons. The lowest BCUT2D eigenvalue weighted by Gasteiger charge is -2.18. The molecule has 0 spiro atoms. The zero-order valence-corrected chi connectivity index (χ0v) is 18.6. The first-order chi connectivity index (χ1) is 11.5. The fraction of sp³-hybridized carbons (Fsp3) is 0.588. The number of hydrogen-bond acceptors (Lipinski definition) is 2. The zero-order valence-electron chi connectivity index (χ0n) is 15.4. The van der Waals surface area contributed by atoms with Gasteiger partial charge >= 0.3 is 6.18 Å². The second-order valence-electron chi connectivity index (χ2n) is 6.48. The highest BCUT2D eigenvalue weighted by Gasteiger charge is 2.30. The van der Waals surface area contributed by atoms with Crippen LogP contribution in [-0.2, 0) is 23.5 Å². The Balaban J connectivity index is 0.00000625. The van der Waals surface area contributed by atoms with E-state index < -0.39 is 22.5 Å². The lowest BCUT2D eigenvalue weighted by molar-refractivity contribution is -0.137. The minimum Gasteiger partial charge on any atom is -0.357 e. The second kappa shape index (κ2) is 11.1. The number of alkyl halides is 3. The van der Waals surface area contributed by atoms with E-state index in [9.17, 15) is 17.4 Å². The highest BCUT2D eigenvalue weighted by Crippen LogP contribution is 2.29. The van der Waals surface area contributed by atoms with Crippen LogP contribution in [0.15, 0.2) is 29.3 Å². The van der Waals surface area contributed by atoms with Gasteiger partial charge in [0.1, 0.15) is 0 Å². The van der Waals surface area contributed by atoms with Crippen LogP contribution in [0.2, 0.25) is 0 Å². The molecule has 1 atom stereocenters. The summed E-state index contributed by atoms with van der Waals surface area (Å²) in [4.78, 5) is 4.29. The lowest BCUT2D eigenvalue weighted by Crippen LogP contribution is -2.40. The minimum absolute atomic E-state index is 0. The molecule has 1 aromatic carbocycles. The van der Waals surface area contributed by atoms with E-state index in [1.165, 1.54) is 6.07 Å². The summed E-state index contributed by atoms with van der Waals surface area (Å²) in [6.45, 7) is 8.85. The summed E-state index contributed by atoms with van der Waals surface area (Å²) in [6.07, 6.45) is -4.36. The largest absolute Gasteiger partial charge is 0.416 e. The average molecular weight is 505 g/mol. The summed E-state index contributed by atoms with van der Waals surface area (Å²) in [7, 11) is -0.981. The molecule has 150 valence electrons. The molecule has 0 aromatic heterocycles. The fourth-order valence-corrected chi connectivity index (χ4v) is 2.83.